The van der Waals surface area contributed by atoms with Gasteiger partial charge in [-0.1, -0.05) is 40.0 Å². The van der Waals surface area contributed by atoms with Crippen molar-refractivity contribution in [1.82, 2.24) is 15.0 Å². The maximum Gasteiger partial charge on any atom is 0.241 e. The Morgan fingerprint density at radius 2 is 2.03 bits per heavy atom. The van der Waals surface area contributed by atoms with Gasteiger partial charge in [-0.3, -0.25) is 9.69 Å². The molecule has 1 unspecified atom stereocenters. The van der Waals surface area contributed by atoms with Crippen molar-refractivity contribution in [2.75, 3.05) is 18.4 Å². The van der Waals surface area contributed by atoms with Gasteiger partial charge < -0.3 is 9.84 Å². The summed E-state index contributed by atoms with van der Waals surface area (Å²) in [7, 11) is 0. The molecule has 1 saturated heterocycles. The van der Waals surface area contributed by atoms with E-state index < -0.39 is 5.82 Å². The highest BCUT2D eigenvalue weighted by molar-refractivity contribution is 6.36. The fourth-order valence-electron chi connectivity index (χ4n) is 3.52. The standard InChI is InChI=1S/C21H18Cl3FN4O2/c22-13-3-5-15(16(23)8-13)20-27-19(31-28-20)11-29-7-1-2-12(10-29)21(30)26-14-4-6-18(25)17(24)9-14/h3-6,8-9,12H,1-2,7,10-11H2,(H,26,30). The topological polar surface area (TPSA) is 71.3 Å². The molecule has 1 aliphatic rings. The van der Waals surface area contributed by atoms with E-state index in [1.807, 2.05) is 0 Å². The number of hydrogen-bond acceptors (Lipinski definition) is 5. The van der Waals surface area contributed by atoms with Crippen molar-refractivity contribution in [3.8, 4) is 11.4 Å². The Morgan fingerprint density at radius 3 is 2.81 bits per heavy atom. The Kier molecular flexibility index (Phi) is 6.77. The van der Waals surface area contributed by atoms with Crippen LogP contribution in [-0.4, -0.2) is 34.0 Å². The maximum atomic E-state index is 13.3. The van der Waals surface area contributed by atoms with Gasteiger partial charge in [0.15, 0.2) is 0 Å². The Labute approximate surface area is 193 Å². The minimum atomic E-state index is -0.526. The molecular weight excluding hydrogens is 466 g/mol. The molecule has 0 saturated carbocycles. The van der Waals surface area contributed by atoms with Crippen LogP contribution in [0, 0.1) is 11.7 Å². The lowest BCUT2D eigenvalue weighted by molar-refractivity contribution is -0.121. The summed E-state index contributed by atoms with van der Waals surface area (Å²) in [4.78, 5) is 19.2. The number of anilines is 1. The van der Waals surface area contributed by atoms with Crippen LogP contribution < -0.4 is 5.32 Å². The number of benzene rings is 2. The van der Waals surface area contributed by atoms with E-state index in [4.69, 9.17) is 39.3 Å². The zero-order valence-corrected chi connectivity index (χ0v) is 18.5. The Bertz CT molecular complexity index is 1110. The number of hydrogen-bond donors (Lipinski definition) is 1. The van der Waals surface area contributed by atoms with Crippen molar-refractivity contribution in [3.63, 3.8) is 0 Å². The third-order valence-electron chi connectivity index (χ3n) is 5.06. The van der Waals surface area contributed by atoms with Crippen LogP contribution in [0.25, 0.3) is 11.4 Å². The molecule has 3 aromatic rings. The molecule has 0 radical (unpaired) electrons. The molecule has 10 heteroatoms. The number of piperidine rings is 1. The molecule has 162 valence electrons. The summed E-state index contributed by atoms with van der Waals surface area (Å²) >= 11 is 17.9. The molecule has 1 N–H and O–H groups in total. The largest absolute Gasteiger partial charge is 0.338 e. The highest BCUT2D eigenvalue weighted by Gasteiger charge is 2.27. The van der Waals surface area contributed by atoms with Crippen LogP contribution in [0.3, 0.4) is 0 Å². The zero-order valence-electron chi connectivity index (χ0n) is 16.2. The van der Waals surface area contributed by atoms with E-state index in [9.17, 15) is 9.18 Å². The lowest BCUT2D eigenvalue weighted by atomic mass is 9.97. The summed E-state index contributed by atoms with van der Waals surface area (Å²) in [6, 6.07) is 9.18. The van der Waals surface area contributed by atoms with Gasteiger partial charge in [0.05, 0.1) is 22.5 Å². The number of amides is 1. The molecule has 2 aromatic carbocycles. The van der Waals surface area contributed by atoms with E-state index in [0.29, 0.717) is 46.1 Å². The molecule has 1 amide bonds. The highest BCUT2D eigenvalue weighted by atomic mass is 35.5. The van der Waals surface area contributed by atoms with Gasteiger partial charge in [-0.05, 0) is 55.8 Å². The van der Waals surface area contributed by atoms with Gasteiger partial charge >= 0.3 is 0 Å². The number of nitrogens with one attached hydrogen (secondary N) is 1. The van der Waals surface area contributed by atoms with Gasteiger partial charge in [-0.25, -0.2) is 4.39 Å². The van der Waals surface area contributed by atoms with Gasteiger partial charge in [0.25, 0.3) is 0 Å². The quantitative estimate of drug-likeness (QED) is 0.505. The number of rotatable bonds is 5. The number of likely N-dealkylation sites (tertiary alicyclic amines) is 1. The number of carbonyl (C=O) groups excluding carboxylic acids is 1. The molecule has 0 bridgehead atoms. The molecule has 0 aliphatic carbocycles. The fraction of sp³-hybridized carbons (Fsp3) is 0.286. The Morgan fingerprint density at radius 1 is 1.19 bits per heavy atom. The van der Waals surface area contributed by atoms with Gasteiger partial charge in [-0.2, -0.15) is 4.98 Å². The Balaban J connectivity index is 1.38. The number of aromatic nitrogens is 2. The Hall–Kier alpha value is -2.19. The normalized spacial score (nSPS) is 17.0. The molecule has 2 heterocycles. The average molecular weight is 484 g/mol. The van der Waals surface area contributed by atoms with Crippen molar-refractivity contribution in [3.05, 3.63) is 63.2 Å². The first-order chi connectivity index (χ1) is 14.9. The molecule has 1 fully saturated rings. The van der Waals surface area contributed by atoms with Crippen LogP contribution in [0.15, 0.2) is 40.9 Å². The molecule has 1 aliphatic heterocycles. The van der Waals surface area contributed by atoms with Crippen LogP contribution in [0.2, 0.25) is 15.1 Å². The minimum absolute atomic E-state index is 0.0314. The predicted molar refractivity (Wildman–Crippen MR) is 118 cm³/mol. The van der Waals surface area contributed by atoms with Crippen LogP contribution in [0.4, 0.5) is 10.1 Å². The lowest BCUT2D eigenvalue weighted by Gasteiger charge is -2.30. The second-order valence-electron chi connectivity index (χ2n) is 7.33. The first-order valence-corrected chi connectivity index (χ1v) is 10.8. The van der Waals surface area contributed by atoms with Crippen LogP contribution in [0.1, 0.15) is 18.7 Å². The summed E-state index contributed by atoms with van der Waals surface area (Å²) in [5.74, 6) is -0.0527. The summed E-state index contributed by atoms with van der Waals surface area (Å²) in [6.45, 7) is 1.77. The van der Waals surface area contributed by atoms with E-state index >= 15 is 0 Å². The molecule has 31 heavy (non-hydrogen) atoms. The van der Waals surface area contributed by atoms with E-state index in [2.05, 4.69) is 20.4 Å². The summed E-state index contributed by atoms with van der Waals surface area (Å²) in [5.41, 5.74) is 1.10. The number of nitrogens with zero attached hydrogens (tertiary/aromatic N) is 3. The molecule has 1 aromatic heterocycles. The van der Waals surface area contributed by atoms with Crippen molar-refractivity contribution >= 4 is 46.4 Å². The van der Waals surface area contributed by atoms with Crippen LogP contribution in [0.5, 0.6) is 0 Å². The van der Waals surface area contributed by atoms with E-state index in [1.54, 1.807) is 18.2 Å². The molecule has 6 nitrogen and oxygen atoms in total. The van der Waals surface area contributed by atoms with Crippen molar-refractivity contribution < 1.29 is 13.7 Å². The first-order valence-electron chi connectivity index (χ1n) is 9.65. The van der Waals surface area contributed by atoms with Crippen molar-refractivity contribution in [1.29, 1.82) is 0 Å². The molecule has 0 spiro atoms. The monoisotopic (exact) mass is 482 g/mol. The zero-order chi connectivity index (χ0) is 22.0. The SMILES string of the molecule is O=C(Nc1ccc(F)c(Cl)c1)C1CCCN(Cc2nc(-c3ccc(Cl)cc3Cl)no2)C1. The average Bonchev–Trinajstić information content (AvgIpc) is 3.19. The third kappa shape index (κ3) is 5.36. The van der Waals surface area contributed by atoms with Crippen LogP contribution in [-0.2, 0) is 11.3 Å². The molecule has 1 atom stereocenters. The summed E-state index contributed by atoms with van der Waals surface area (Å²) in [6.07, 6.45) is 1.61. The van der Waals surface area contributed by atoms with E-state index in [1.165, 1.54) is 18.2 Å². The second-order valence-corrected chi connectivity index (χ2v) is 8.58. The summed E-state index contributed by atoms with van der Waals surface area (Å²) in [5, 5.41) is 7.75. The van der Waals surface area contributed by atoms with Gasteiger partial charge in [-0.15, -0.1) is 0 Å². The third-order valence-corrected chi connectivity index (χ3v) is 5.90. The molecular formula is C21H18Cl3FN4O2. The van der Waals surface area contributed by atoms with E-state index in [-0.39, 0.29) is 16.8 Å². The number of carbonyl (C=O) groups is 1. The number of halogens is 4. The van der Waals surface area contributed by atoms with Crippen molar-refractivity contribution in [2.45, 2.75) is 19.4 Å². The van der Waals surface area contributed by atoms with Crippen molar-refractivity contribution in [2.24, 2.45) is 5.92 Å². The van der Waals surface area contributed by atoms with Gasteiger partial charge in [0.2, 0.25) is 17.6 Å². The van der Waals surface area contributed by atoms with E-state index in [0.717, 1.165) is 19.4 Å². The summed E-state index contributed by atoms with van der Waals surface area (Å²) < 4.78 is 18.7. The maximum absolute atomic E-state index is 13.3. The smallest absolute Gasteiger partial charge is 0.241 e. The molecule has 4 rings (SSSR count). The highest BCUT2D eigenvalue weighted by Crippen LogP contribution is 2.29. The van der Waals surface area contributed by atoms with Crippen LogP contribution >= 0.6 is 34.8 Å². The fourth-order valence-corrected chi connectivity index (χ4v) is 4.20. The second kappa shape index (κ2) is 9.53. The predicted octanol–water partition coefficient (Wildman–Crippen LogP) is 5.69. The first kappa shape index (κ1) is 22.0. The van der Waals surface area contributed by atoms with Gasteiger partial charge in [0.1, 0.15) is 5.82 Å². The lowest BCUT2D eigenvalue weighted by Crippen LogP contribution is -2.40. The van der Waals surface area contributed by atoms with Gasteiger partial charge in [0, 0.05) is 22.8 Å². The minimum Gasteiger partial charge on any atom is -0.338 e.